The van der Waals surface area contributed by atoms with Crippen LogP contribution in [0.1, 0.15) is 20.3 Å². The summed E-state index contributed by atoms with van der Waals surface area (Å²) in [6, 6.07) is 2.35. The Morgan fingerprint density at radius 1 is 1.33 bits per heavy atom. The Bertz CT molecular complexity index is 378. The third-order valence-electron chi connectivity index (χ3n) is 3.11. The van der Waals surface area contributed by atoms with Crippen LogP contribution in [0.2, 0.25) is 0 Å². The standard InChI is InChI=1S/C11H19N5.C2H6/c1-15(2)9-3-4-16(7-9)11-10(13)5-8(12)6-14-11;1-2/h5-6,9H,3-4,7,12-13H2,1-2H3;1-2H3. The van der Waals surface area contributed by atoms with Crippen LogP contribution in [0, 0.1) is 0 Å². The first-order valence-electron chi connectivity index (χ1n) is 6.50. The number of rotatable bonds is 2. The van der Waals surface area contributed by atoms with Crippen LogP contribution in [0.15, 0.2) is 12.3 Å². The average molecular weight is 251 g/mol. The first-order valence-corrected chi connectivity index (χ1v) is 6.50. The number of hydrogen-bond donors (Lipinski definition) is 2. The van der Waals surface area contributed by atoms with Gasteiger partial charge >= 0.3 is 0 Å². The third kappa shape index (κ3) is 3.26. The molecule has 1 aliphatic heterocycles. The molecule has 1 unspecified atom stereocenters. The minimum absolute atomic E-state index is 0.582. The molecule has 1 fully saturated rings. The third-order valence-corrected chi connectivity index (χ3v) is 3.11. The molecule has 0 aliphatic carbocycles. The lowest BCUT2D eigenvalue weighted by molar-refractivity contribution is 0.315. The highest BCUT2D eigenvalue weighted by atomic mass is 15.3. The zero-order valence-electron chi connectivity index (χ0n) is 11.8. The van der Waals surface area contributed by atoms with Gasteiger partial charge in [-0.15, -0.1) is 0 Å². The fourth-order valence-corrected chi connectivity index (χ4v) is 2.11. The highest BCUT2D eigenvalue weighted by molar-refractivity contribution is 5.67. The monoisotopic (exact) mass is 251 g/mol. The van der Waals surface area contributed by atoms with Crippen LogP contribution in [0.5, 0.6) is 0 Å². The highest BCUT2D eigenvalue weighted by Gasteiger charge is 2.25. The Balaban J connectivity index is 0.000000771. The Labute approximate surface area is 110 Å². The van der Waals surface area contributed by atoms with Gasteiger partial charge in [0.15, 0.2) is 5.82 Å². The topological polar surface area (TPSA) is 71.4 Å². The molecule has 1 aliphatic rings. The molecule has 0 radical (unpaired) electrons. The lowest BCUT2D eigenvalue weighted by Crippen LogP contribution is -2.32. The molecule has 4 N–H and O–H groups in total. The van der Waals surface area contributed by atoms with E-state index in [1.165, 1.54) is 0 Å². The number of pyridine rings is 1. The lowest BCUT2D eigenvalue weighted by atomic mass is 10.2. The van der Waals surface area contributed by atoms with Crippen LogP contribution in [0.25, 0.3) is 0 Å². The zero-order valence-corrected chi connectivity index (χ0v) is 11.8. The van der Waals surface area contributed by atoms with E-state index in [0.29, 0.717) is 17.4 Å². The van der Waals surface area contributed by atoms with Crippen molar-refractivity contribution < 1.29 is 0 Å². The second-order valence-electron chi connectivity index (χ2n) is 4.53. The number of hydrogen-bond acceptors (Lipinski definition) is 5. The molecule has 0 aromatic carbocycles. The van der Waals surface area contributed by atoms with Crippen molar-refractivity contribution in [1.82, 2.24) is 9.88 Å². The molecule has 1 atom stereocenters. The summed E-state index contributed by atoms with van der Waals surface area (Å²) >= 11 is 0. The first-order chi connectivity index (χ1) is 8.58. The van der Waals surface area contributed by atoms with Crippen LogP contribution < -0.4 is 16.4 Å². The SMILES string of the molecule is CC.CN(C)C1CCN(c2ncc(N)cc2N)C1. The van der Waals surface area contributed by atoms with E-state index in [2.05, 4.69) is 28.9 Å². The zero-order chi connectivity index (χ0) is 13.7. The van der Waals surface area contributed by atoms with Crippen LogP contribution in [-0.2, 0) is 0 Å². The van der Waals surface area contributed by atoms with Gasteiger partial charge in [0.25, 0.3) is 0 Å². The molecule has 18 heavy (non-hydrogen) atoms. The van der Waals surface area contributed by atoms with E-state index in [1.54, 1.807) is 12.3 Å². The van der Waals surface area contributed by atoms with Crippen molar-refractivity contribution in [1.29, 1.82) is 0 Å². The number of aromatic nitrogens is 1. The van der Waals surface area contributed by atoms with Gasteiger partial charge < -0.3 is 21.3 Å². The van der Waals surface area contributed by atoms with E-state index in [4.69, 9.17) is 11.5 Å². The van der Waals surface area contributed by atoms with Gasteiger partial charge in [-0.05, 0) is 26.6 Å². The molecule has 5 heteroatoms. The normalized spacial score (nSPS) is 18.7. The van der Waals surface area contributed by atoms with Gasteiger partial charge in [0, 0.05) is 19.1 Å². The van der Waals surface area contributed by atoms with E-state index < -0.39 is 0 Å². The van der Waals surface area contributed by atoms with Gasteiger partial charge in [0.1, 0.15) is 0 Å². The summed E-state index contributed by atoms with van der Waals surface area (Å²) in [7, 11) is 4.21. The predicted molar refractivity (Wildman–Crippen MR) is 78.7 cm³/mol. The van der Waals surface area contributed by atoms with Gasteiger partial charge in [0.2, 0.25) is 0 Å². The van der Waals surface area contributed by atoms with Crippen molar-refractivity contribution in [2.75, 3.05) is 43.6 Å². The van der Waals surface area contributed by atoms with Crippen molar-refractivity contribution in [3.05, 3.63) is 12.3 Å². The van der Waals surface area contributed by atoms with Crippen molar-refractivity contribution >= 4 is 17.2 Å². The summed E-state index contributed by atoms with van der Waals surface area (Å²) in [5.41, 5.74) is 12.8. The molecule has 0 bridgehead atoms. The van der Waals surface area contributed by atoms with Crippen LogP contribution in [0.3, 0.4) is 0 Å². The summed E-state index contributed by atoms with van der Waals surface area (Å²) in [5, 5.41) is 0. The molecule has 1 saturated heterocycles. The molecule has 0 saturated carbocycles. The highest BCUT2D eigenvalue weighted by Crippen LogP contribution is 2.26. The molecule has 2 heterocycles. The van der Waals surface area contributed by atoms with Crippen molar-refractivity contribution in [3.63, 3.8) is 0 Å². The van der Waals surface area contributed by atoms with E-state index in [9.17, 15) is 0 Å². The molecular formula is C13H25N5. The molecular weight excluding hydrogens is 226 g/mol. The van der Waals surface area contributed by atoms with Crippen molar-refractivity contribution in [2.45, 2.75) is 26.3 Å². The van der Waals surface area contributed by atoms with Crippen molar-refractivity contribution in [3.8, 4) is 0 Å². The van der Waals surface area contributed by atoms with Crippen LogP contribution in [0.4, 0.5) is 17.2 Å². The molecule has 0 amide bonds. The van der Waals surface area contributed by atoms with Crippen molar-refractivity contribution in [2.24, 2.45) is 0 Å². The average Bonchev–Trinajstić information content (AvgIpc) is 2.81. The maximum absolute atomic E-state index is 5.92. The van der Waals surface area contributed by atoms with Gasteiger partial charge in [-0.25, -0.2) is 4.98 Å². The second kappa shape index (κ2) is 6.44. The summed E-state index contributed by atoms with van der Waals surface area (Å²) in [6.07, 6.45) is 2.81. The number of nitrogens with zero attached hydrogens (tertiary/aromatic N) is 3. The Morgan fingerprint density at radius 3 is 2.50 bits per heavy atom. The number of nitrogen functional groups attached to an aromatic ring is 2. The quantitative estimate of drug-likeness (QED) is 0.831. The Kier molecular flexibility index (Phi) is 5.22. The number of likely N-dealkylation sites (N-methyl/N-ethyl adjacent to an activating group) is 1. The first kappa shape index (κ1) is 14.6. The minimum Gasteiger partial charge on any atom is -0.397 e. The lowest BCUT2D eigenvalue weighted by Gasteiger charge is -2.22. The van der Waals surface area contributed by atoms with E-state index in [1.807, 2.05) is 13.8 Å². The maximum atomic E-state index is 5.92. The van der Waals surface area contributed by atoms with Gasteiger partial charge in [-0.3, -0.25) is 0 Å². The van der Waals surface area contributed by atoms with Gasteiger partial charge in [-0.2, -0.15) is 0 Å². The predicted octanol–water partition coefficient (Wildman–Crippen LogP) is 1.41. The second-order valence-corrected chi connectivity index (χ2v) is 4.53. The van der Waals surface area contributed by atoms with Crippen LogP contribution in [-0.4, -0.2) is 43.1 Å². The molecule has 1 aromatic rings. The molecule has 5 nitrogen and oxygen atoms in total. The largest absolute Gasteiger partial charge is 0.397 e. The van der Waals surface area contributed by atoms with Gasteiger partial charge in [-0.1, -0.05) is 13.8 Å². The smallest absolute Gasteiger partial charge is 0.151 e. The molecule has 0 spiro atoms. The minimum atomic E-state index is 0.582. The van der Waals surface area contributed by atoms with E-state index in [-0.39, 0.29) is 0 Å². The molecule has 2 rings (SSSR count). The molecule has 102 valence electrons. The van der Waals surface area contributed by atoms with Gasteiger partial charge in [0.05, 0.1) is 17.6 Å². The summed E-state index contributed by atoms with van der Waals surface area (Å²) < 4.78 is 0. The number of nitrogens with two attached hydrogens (primary N) is 2. The summed E-state index contributed by atoms with van der Waals surface area (Å²) in [5.74, 6) is 0.860. The maximum Gasteiger partial charge on any atom is 0.151 e. The summed E-state index contributed by atoms with van der Waals surface area (Å²) in [4.78, 5) is 8.78. The van der Waals surface area contributed by atoms with Crippen LogP contribution >= 0.6 is 0 Å². The summed E-state index contributed by atoms with van der Waals surface area (Å²) in [6.45, 7) is 5.98. The van der Waals surface area contributed by atoms with E-state index in [0.717, 1.165) is 25.3 Å². The fourth-order valence-electron chi connectivity index (χ4n) is 2.11. The molecule has 1 aromatic heterocycles. The Hall–Kier alpha value is -1.49. The van der Waals surface area contributed by atoms with E-state index >= 15 is 0 Å². The fraction of sp³-hybridized carbons (Fsp3) is 0.615. The Morgan fingerprint density at radius 2 is 2.00 bits per heavy atom. The number of anilines is 3.